The predicted molar refractivity (Wildman–Crippen MR) is 67.9 cm³/mol. The largest absolute Gasteiger partial charge is 0.316 e. The Labute approximate surface area is 101 Å². The number of fused-ring (bicyclic) bond motifs is 1. The quantitative estimate of drug-likeness (QED) is 0.749. The van der Waals surface area contributed by atoms with Gasteiger partial charge in [0.1, 0.15) is 0 Å². The lowest BCUT2D eigenvalue weighted by atomic mass is 10.3. The van der Waals surface area contributed by atoms with Crippen LogP contribution < -0.4 is 5.32 Å². The van der Waals surface area contributed by atoms with Crippen LogP contribution in [0.25, 0.3) is 5.52 Å². The molecule has 1 N–H and O–H groups in total. The first-order chi connectivity index (χ1) is 8.31. The highest BCUT2D eigenvalue weighted by molar-refractivity contribution is 5.51. The summed E-state index contributed by atoms with van der Waals surface area (Å²) < 4.78 is 1.86. The van der Waals surface area contributed by atoms with E-state index in [2.05, 4.69) is 34.3 Å². The Balaban J connectivity index is 1.98. The van der Waals surface area contributed by atoms with Gasteiger partial charge >= 0.3 is 0 Å². The van der Waals surface area contributed by atoms with Crippen molar-refractivity contribution >= 4 is 5.52 Å². The summed E-state index contributed by atoms with van der Waals surface area (Å²) in [5.74, 6) is 0. The monoisotopic (exact) mass is 233 g/mol. The summed E-state index contributed by atoms with van der Waals surface area (Å²) in [4.78, 5) is 6.42. The van der Waals surface area contributed by atoms with Crippen LogP contribution in [0.1, 0.15) is 12.5 Å². The fraction of sp³-hybridized carbons (Fsp3) is 0.500. The third-order valence-corrected chi connectivity index (χ3v) is 2.77. The highest BCUT2D eigenvalue weighted by Gasteiger charge is 2.06. The van der Waals surface area contributed by atoms with Crippen molar-refractivity contribution in [2.75, 3.05) is 26.7 Å². The maximum atomic E-state index is 4.30. The van der Waals surface area contributed by atoms with Gasteiger partial charge in [0.15, 0.2) is 0 Å². The van der Waals surface area contributed by atoms with Gasteiger partial charge in [-0.25, -0.2) is 4.52 Å². The van der Waals surface area contributed by atoms with Gasteiger partial charge in [-0.05, 0) is 13.6 Å². The molecule has 0 saturated carbocycles. The topological polar surface area (TPSA) is 45.5 Å². The van der Waals surface area contributed by atoms with Crippen LogP contribution in [0.3, 0.4) is 0 Å². The van der Waals surface area contributed by atoms with Crippen LogP contribution in [0, 0.1) is 0 Å². The van der Waals surface area contributed by atoms with E-state index >= 15 is 0 Å². The Morgan fingerprint density at radius 2 is 2.29 bits per heavy atom. The van der Waals surface area contributed by atoms with E-state index in [1.54, 1.807) is 6.20 Å². The van der Waals surface area contributed by atoms with Crippen LogP contribution in [0.5, 0.6) is 0 Å². The number of hydrogen-bond donors (Lipinski definition) is 1. The minimum atomic E-state index is 0.903. The molecule has 0 atom stereocenters. The molecule has 0 radical (unpaired) electrons. The molecule has 0 fully saturated rings. The fourth-order valence-electron chi connectivity index (χ4n) is 1.82. The van der Waals surface area contributed by atoms with Crippen LogP contribution >= 0.6 is 0 Å². The summed E-state index contributed by atoms with van der Waals surface area (Å²) >= 11 is 0. The van der Waals surface area contributed by atoms with Crippen molar-refractivity contribution in [3.05, 3.63) is 30.4 Å². The summed E-state index contributed by atoms with van der Waals surface area (Å²) in [5, 5.41) is 7.62. The van der Waals surface area contributed by atoms with Crippen molar-refractivity contribution in [1.29, 1.82) is 0 Å². The predicted octanol–water partition coefficient (Wildman–Crippen LogP) is 0.771. The molecule has 0 bridgehead atoms. The highest BCUT2D eigenvalue weighted by atomic mass is 15.2. The lowest BCUT2D eigenvalue weighted by Crippen LogP contribution is -2.28. The van der Waals surface area contributed by atoms with Crippen LogP contribution in [0.15, 0.2) is 24.8 Å². The molecule has 0 amide bonds. The van der Waals surface area contributed by atoms with Crippen molar-refractivity contribution < 1.29 is 0 Å². The minimum Gasteiger partial charge on any atom is -0.316 e. The molecule has 0 aliphatic carbocycles. The number of nitrogens with zero attached hydrogens (tertiary/aromatic N) is 4. The van der Waals surface area contributed by atoms with E-state index in [9.17, 15) is 0 Å². The van der Waals surface area contributed by atoms with Crippen LogP contribution in [-0.4, -0.2) is 46.2 Å². The van der Waals surface area contributed by atoms with E-state index < -0.39 is 0 Å². The minimum absolute atomic E-state index is 0.903. The molecule has 0 aliphatic heterocycles. The molecule has 2 aromatic rings. The Kier molecular flexibility index (Phi) is 4.06. The standard InChI is InChI=1S/C12H19N5/c1-3-13-4-6-16(2)10-11-8-15-17-7-5-14-9-12(11)17/h5,7-9,13H,3-4,6,10H2,1-2H3. The van der Waals surface area contributed by atoms with Crippen molar-refractivity contribution in [1.82, 2.24) is 24.8 Å². The third kappa shape index (κ3) is 3.01. The summed E-state index contributed by atoms with van der Waals surface area (Å²) in [7, 11) is 2.12. The number of likely N-dealkylation sites (N-methyl/N-ethyl adjacent to an activating group) is 2. The summed E-state index contributed by atoms with van der Waals surface area (Å²) in [5.41, 5.74) is 2.31. The Hall–Kier alpha value is -1.46. The molecule has 0 aromatic carbocycles. The van der Waals surface area contributed by atoms with Crippen molar-refractivity contribution in [3.8, 4) is 0 Å². The average Bonchev–Trinajstić information content (AvgIpc) is 2.73. The zero-order valence-electron chi connectivity index (χ0n) is 10.4. The molecule has 17 heavy (non-hydrogen) atoms. The van der Waals surface area contributed by atoms with E-state index in [0.29, 0.717) is 0 Å². The Morgan fingerprint density at radius 3 is 3.12 bits per heavy atom. The van der Waals surface area contributed by atoms with Gasteiger partial charge in [0.25, 0.3) is 0 Å². The normalized spacial score (nSPS) is 11.5. The van der Waals surface area contributed by atoms with Gasteiger partial charge < -0.3 is 10.2 Å². The van der Waals surface area contributed by atoms with Crippen LogP contribution in [-0.2, 0) is 6.54 Å². The molecule has 2 aromatic heterocycles. The van der Waals surface area contributed by atoms with E-state index in [1.165, 1.54) is 5.56 Å². The molecule has 2 rings (SSSR count). The van der Waals surface area contributed by atoms with Gasteiger partial charge in [0.2, 0.25) is 0 Å². The second-order valence-electron chi connectivity index (χ2n) is 4.17. The van der Waals surface area contributed by atoms with Crippen LogP contribution in [0.4, 0.5) is 0 Å². The molecule has 5 nitrogen and oxygen atoms in total. The van der Waals surface area contributed by atoms with Crippen molar-refractivity contribution in [2.24, 2.45) is 0 Å². The second kappa shape index (κ2) is 5.75. The van der Waals surface area contributed by atoms with Crippen molar-refractivity contribution in [3.63, 3.8) is 0 Å². The lowest BCUT2D eigenvalue weighted by Gasteiger charge is -2.15. The molecular weight excluding hydrogens is 214 g/mol. The lowest BCUT2D eigenvalue weighted by molar-refractivity contribution is 0.326. The van der Waals surface area contributed by atoms with Gasteiger partial charge in [0, 0.05) is 37.6 Å². The van der Waals surface area contributed by atoms with Gasteiger partial charge in [-0.2, -0.15) is 5.10 Å². The molecule has 0 saturated heterocycles. The fourth-order valence-corrected chi connectivity index (χ4v) is 1.82. The highest BCUT2D eigenvalue weighted by Crippen LogP contribution is 2.10. The zero-order valence-corrected chi connectivity index (χ0v) is 10.4. The number of nitrogens with one attached hydrogen (secondary N) is 1. The molecule has 2 heterocycles. The van der Waals surface area contributed by atoms with Gasteiger partial charge in [0.05, 0.1) is 17.9 Å². The Morgan fingerprint density at radius 1 is 1.41 bits per heavy atom. The second-order valence-corrected chi connectivity index (χ2v) is 4.17. The first-order valence-corrected chi connectivity index (χ1v) is 5.96. The molecular formula is C12H19N5. The van der Waals surface area contributed by atoms with E-state index in [1.807, 2.05) is 23.1 Å². The summed E-state index contributed by atoms with van der Waals surface area (Å²) in [6, 6.07) is 0. The summed E-state index contributed by atoms with van der Waals surface area (Å²) in [6.45, 7) is 6.10. The van der Waals surface area contributed by atoms with Gasteiger partial charge in [-0.3, -0.25) is 4.98 Å². The van der Waals surface area contributed by atoms with E-state index in [4.69, 9.17) is 0 Å². The molecule has 0 aliphatic rings. The average molecular weight is 233 g/mol. The summed E-state index contributed by atoms with van der Waals surface area (Å²) in [6.07, 6.45) is 7.40. The third-order valence-electron chi connectivity index (χ3n) is 2.77. The molecule has 92 valence electrons. The van der Waals surface area contributed by atoms with Crippen LogP contribution in [0.2, 0.25) is 0 Å². The maximum absolute atomic E-state index is 4.30. The zero-order chi connectivity index (χ0) is 12.1. The first-order valence-electron chi connectivity index (χ1n) is 5.96. The first kappa shape index (κ1) is 12.0. The number of hydrogen-bond acceptors (Lipinski definition) is 4. The Bertz CT molecular complexity index is 465. The van der Waals surface area contributed by atoms with E-state index in [-0.39, 0.29) is 0 Å². The molecule has 0 unspecified atom stereocenters. The maximum Gasteiger partial charge on any atom is 0.0889 e. The SMILES string of the molecule is CCNCCN(C)Cc1cnn2ccncc12. The van der Waals surface area contributed by atoms with Gasteiger partial charge in [-0.15, -0.1) is 0 Å². The number of aromatic nitrogens is 3. The molecule has 5 heteroatoms. The number of rotatable bonds is 6. The molecule has 0 spiro atoms. The van der Waals surface area contributed by atoms with Crippen molar-refractivity contribution in [2.45, 2.75) is 13.5 Å². The van der Waals surface area contributed by atoms with E-state index in [0.717, 1.165) is 31.7 Å². The smallest absolute Gasteiger partial charge is 0.0889 e. The van der Waals surface area contributed by atoms with Gasteiger partial charge in [-0.1, -0.05) is 6.92 Å².